The molecule has 0 aliphatic rings. The molecule has 0 saturated heterocycles. The Hall–Kier alpha value is -2.16. The lowest BCUT2D eigenvalue weighted by Crippen LogP contribution is -2.30. The zero-order valence-electron chi connectivity index (χ0n) is 13.8. The van der Waals surface area contributed by atoms with Crippen molar-refractivity contribution < 1.29 is 13.2 Å². The molecule has 1 heterocycles. The van der Waals surface area contributed by atoms with E-state index in [0.717, 1.165) is 15.8 Å². The summed E-state index contributed by atoms with van der Waals surface area (Å²) in [4.78, 5) is 16.4. The second-order valence-corrected chi connectivity index (χ2v) is 9.26. The fourth-order valence-corrected chi connectivity index (χ4v) is 4.54. The number of nitrogens with one attached hydrogen (secondary N) is 2. The number of hydrogen-bond acceptors (Lipinski definition) is 6. The van der Waals surface area contributed by atoms with Crippen LogP contribution in [0.1, 0.15) is 12.0 Å². The number of halogens is 1. The van der Waals surface area contributed by atoms with Gasteiger partial charge in [-0.2, -0.15) is 0 Å². The number of rotatable bonds is 6. The topological polar surface area (TPSA) is 88.2 Å². The third-order valence-corrected chi connectivity index (χ3v) is 6.54. The first kappa shape index (κ1) is 18.6. The van der Waals surface area contributed by atoms with E-state index in [1.54, 1.807) is 0 Å². The smallest absolute Gasteiger partial charge is 0.239 e. The van der Waals surface area contributed by atoms with Crippen LogP contribution in [0.25, 0.3) is 10.2 Å². The first-order valence-electron chi connectivity index (χ1n) is 7.74. The molecule has 0 aliphatic carbocycles. The highest BCUT2D eigenvalue weighted by atomic mass is 35.5. The van der Waals surface area contributed by atoms with E-state index in [-0.39, 0.29) is 17.1 Å². The number of sulfone groups is 1. The summed E-state index contributed by atoms with van der Waals surface area (Å²) in [5.74, 6) is -0.723. The quantitative estimate of drug-likeness (QED) is 0.607. The predicted molar refractivity (Wildman–Crippen MR) is 104 cm³/mol. The summed E-state index contributed by atoms with van der Waals surface area (Å²) in [6.07, 6.45) is -0.165. The van der Waals surface area contributed by atoms with Gasteiger partial charge in [-0.15, -0.1) is 0 Å². The highest BCUT2D eigenvalue weighted by molar-refractivity contribution is 7.91. The van der Waals surface area contributed by atoms with Crippen LogP contribution in [-0.2, 0) is 14.6 Å². The van der Waals surface area contributed by atoms with E-state index < -0.39 is 15.7 Å². The van der Waals surface area contributed by atoms with Gasteiger partial charge in [-0.05, 0) is 48.9 Å². The predicted octanol–water partition coefficient (Wildman–Crippen LogP) is 3.57. The van der Waals surface area contributed by atoms with Crippen LogP contribution < -0.4 is 10.9 Å². The summed E-state index contributed by atoms with van der Waals surface area (Å²) in [7, 11) is -3.54. The molecule has 0 fully saturated rings. The molecule has 0 spiro atoms. The molecule has 9 heteroatoms. The Morgan fingerprint density at radius 1 is 1.19 bits per heavy atom. The van der Waals surface area contributed by atoms with Crippen molar-refractivity contribution in [1.29, 1.82) is 0 Å². The van der Waals surface area contributed by atoms with Crippen LogP contribution in [0.4, 0.5) is 5.13 Å². The van der Waals surface area contributed by atoms with Gasteiger partial charge in [0.2, 0.25) is 11.0 Å². The summed E-state index contributed by atoms with van der Waals surface area (Å²) >= 11 is 7.16. The zero-order chi connectivity index (χ0) is 18.7. The molecule has 0 unspecified atom stereocenters. The van der Waals surface area contributed by atoms with Crippen LogP contribution in [0.2, 0.25) is 5.02 Å². The van der Waals surface area contributed by atoms with E-state index in [1.165, 1.54) is 35.6 Å². The fraction of sp³-hybridized carbons (Fsp3) is 0.176. The van der Waals surface area contributed by atoms with Crippen molar-refractivity contribution in [2.24, 2.45) is 0 Å². The Morgan fingerprint density at radius 2 is 1.92 bits per heavy atom. The van der Waals surface area contributed by atoms with E-state index in [1.807, 2.05) is 25.1 Å². The van der Waals surface area contributed by atoms with Gasteiger partial charge in [0.25, 0.3) is 0 Å². The third-order valence-electron chi connectivity index (χ3n) is 3.62. The molecule has 3 rings (SSSR count). The maximum Gasteiger partial charge on any atom is 0.239 e. The third kappa shape index (κ3) is 4.51. The van der Waals surface area contributed by atoms with Gasteiger partial charge >= 0.3 is 0 Å². The molecule has 2 N–H and O–H groups in total. The Balaban J connectivity index is 1.55. The van der Waals surface area contributed by atoms with Crippen molar-refractivity contribution in [3.63, 3.8) is 0 Å². The number of aryl methyl sites for hydroxylation is 1. The molecule has 26 heavy (non-hydrogen) atoms. The fourth-order valence-electron chi connectivity index (χ4n) is 2.26. The van der Waals surface area contributed by atoms with E-state index in [9.17, 15) is 13.2 Å². The van der Waals surface area contributed by atoms with E-state index in [2.05, 4.69) is 15.8 Å². The average Bonchev–Trinajstić information content (AvgIpc) is 3.00. The molecule has 1 aromatic heterocycles. The number of nitrogens with zero attached hydrogens (tertiary/aromatic N) is 1. The van der Waals surface area contributed by atoms with Crippen LogP contribution in [0.5, 0.6) is 0 Å². The van der Waals surface area contributed by atoms with Gasteiger partial charge in [0, 0.05) is 11.4 Å². The largest absolute Gasteiger partial charge is 0.273 e. The number of thiazole rings is 1. The molecule has 0 bridgehead atoms. The number of amides is 1. The SMILES string of the molecule is Cc1ccc2nc(NNC(=O)CCS(=O)(=O)c3ccc(Cl)cc3)sc2c1. The van der Waals surface area contributed by atoms with Crippen LogP contribution in [-0.4, -0.2) is 25.1 Å². The minimum atomic E-state index is -3.54. The molecule has 6 nitrogen and oxygen atoms in total. The summed E-state index contributed by atoms with van der Waals surface area (Å²) in [6.45, 7) is 2.00. The lowest BCUT2D eigenvalue weighted by Gasteiger charge is -2.06. The lowest BCUT2D eigenvalue weighted by molar-refractivity contribution is -0.120. The molecule has 1 amide bonds. The van der Waals surface area contributed by atoms with Gasteiger partial charge < -0.3 is 0 Å². The van der Waals surface area contributed by atoms with Crippen LogP contribution in [0.3, 0.4) is 0 Å². The van der Waals surface area contributed by atoms with Crippen LogP contribution in [0, 0.1) is 6.92 Å². The molecular formula is C17H16ClN3O3S2. The van der Waals surface area contributed by atoms with Crippen LogP contribution in [0.15, 0.2) is 47.4 Å². The number of benzene rings is 2. The monoisotopic (exact) mass is 409 g/mol. The van der Waals surface area contributed by atoms with Gasteiger partial charge in [0.05, 0.1) is 20.9 Å². The summed E-state index contributed by atoms with van der Waals surface area (Å²) in [6, 6.07) is 11.8. The van der Waals surface area contributed by atoms with Crippen molar-refractivity contribution >= 4 is 54.0 Å². The molecule has 0 aliphatic heterocycles. The summed E-state index contributed by atoms with van der Waals surface area (Å²) in [5, 5.41) is 0.997. The van der Waals surface area contributed by atoms with E-state index in [4.69, 9.17) is 11.6 Å². The Kier molecular flexibility index (Phi) is 5.45. The number of hydrazine groups is 1. The number of fused-ring (bicyclic) bond motifs is 1. The van der Waals surface area contributed by atoms with Gasteiger partial charge in [-0.3, -0.25) is 15.6 Å². The maximum atomic E-state index is 12.2. The first-order valence-corrected chi connectivity index (χ1v) is 10.6. The Labute approximate surface area is 160 Å². The summed E-state index contributed by atoms with van der Waals surface area (Å²) < 4.78 is 25.4. The summed E-state index contributed by atoms with van der Waals surface area (Å²) in [5.41, 5.74) is 7.18. The molecule has 0 saturated carbocycles. The second-order valence-electron chi connectivity index (χ2n) is 5.69. The van der Waals surface area contributed by atoms with Gasteiger partial charge in [-0.25, -0.2) is 13.4 Å². The molecular weight excluding hydrogens is 394 g/mol. The van der Waals surface area contributed by atoms with Crippen molar-refractivity contribution in [2.45, 2.75) is 18.2 Å². The normalized spacial score (nSPS) is 11.5. The van der Waals surface area contributed by atoms with Gasteiger partial charge in [-0.1, -0.05) is 29.0 Å². The van der Waals surface area contributed by atoms with Gasteiger partial charge in [0.1, 0.15) is 0 Å². The number of carbonyl (C=O) groups is 1. The number of hydrogen-bond donors (Lipinski definition) is 2. The number of anilines is 1. The van der Waals surface area contributed by atoms with Crippen LogP contribution >= 0.6 is 22.9 Å². The maximum absolute atomic E-state index is 12.2. The highest BCUT2D eigenvalue weighted by Gasteiger charge is 2.16. The molecule has 3 aromatic rings. The average molecular weight is 410 g/mol. The molecule has 0 radical (unpaired) electrons. The van der Waals surface area contributed by atoms with Crippen molar-refractivity contribution in [2.75, 3.05) is 11.2 Å². The zero-order valence-corrected chi connectivity index (χ0v) is 16.2. The lowest BCUT2D eigenvalue weighted by atomic mass is 10.2. The molecule has 0 atom stereocenters. The van der Waals surface area contributed by atoms with Crippen molar-refractivity contribution in [3.8, 4) is 0 Å². The standard InChI is InChI=1S/C17H16ClN3O3S2/c1-11-2-7-14-15(10-11)25-17(19-14)21-20-16(22)8-9-26(23,24)13-5-3-12(18)4-6-13/h2-7,10H,8-9H2,1H3,(H,19,21)(H,20,22). The molecule has 2 aromatic carbocycles. The number of aromatic nitrogens is 1. The Morgan fingerprint density at radius 3 is 2.65 bits per heavy atom. The van der Waals surface area contributed by atoms with E-state index >= 15 is 0 Å². The van der Waals surface area contributed by atoms with Gasteiger partial charge in [0.15, 0.2) is 9.84 Å². The van der Waals surface area contributed by atoms with E-state index in [0.29, 0.717) is 10.2 Å². The van der Waals surface area contributed by atoms with Crippen molar-refractivity contribution in [1.82, 2.24) is 10.4 Å². The van der Waals surface area contributed by atoms with Crippen molar-refractivity contribution in [3.05, 3.63) is 53.1 Å². The Bertz CT molecular complexity index is 1050. The first-order chi connectivity index (χ1) is 12.3. The second kappa shape index (κ2) is 7.61. The molecule has 136 valence electrons. The minimum Gasteiger partial charge on any atom is -0.273 e. The highest BCUT2D eigenvalue weighted by Crippen LogP contribution is 2.26. The number of carbonyl (C=O) groups excluding carboxylic acids is 1. The minimum absolute atomic E-state index is 0.143.